The van der Waals surface area contributed by atoms with Crippen molar-refractivity contribution in [2.24, 2.45) is 11.5 Å². The van der Waals surface area contributed by atoms with Crippen molar-refractivity contribution < 1.29 is 4.79 Å². The third kappa shape index (κ3) is 83300. The predicted molar refractivity (Wildman–Crippen MR) is 43.0 cm³/mol. The fourth-order valence-electron chi connectivity index (χ4n) is 0. The van der Waals surface area contributed by atoms with Gasteiger partial charge in [-0.2, -0.15) is 0 Å². The number of nitrogens with two attached hydrogens (primary N) is 2. The van der Waals surface area contributed by atoms with Gasteiger partial charge in [-0.1, -0.05) is 0 Å². The fraction of sp³-hybridized carbons (Fsp3) is 0.800. The summed E-state index contributed by atoms with van der Waals surface area (Å²) in [6.45, 7) is 0. The molecule has 0 unspecified atom stereocenters. The smallest absolute Gasteiger partial charge is 0.309 e. The number of urea groups is 1. The molecular weight excluding hydrogens is 232 g/mol. The van der Waals surface area contributed by atoms with Gasteiger partial charge in [0.15, 0.2) is 0 Å². The van der Waals surface area contributed by atoms with Crippen molar-refractivity contribution in [3.63, 3.8) is 0 Å². The molecule has 0 aliphatic heterocycles. The first-order valence-corrected chi connectivity index (χ1v) is 11.7. The number of carbonyl (C=O) groups excluding carboxylic acids is 1. The summed E-state index contributed by atoms with van der Waals surface area (Å²) in [5.41, 5.74) is 8.50. The molecule has 0 aromatic carbocycles. The predicted octanol–water partition coefficient (Wildman–Crippen LogP) is 0.978. The summed E-state index contributed by atoms with van der Waals surface area (Å²) in [5.74, 6) is 0. The van der Waals surface area contributed by atoms with Crippen LogP contribution in [0.3, 0.4) is 0 Å². The van der Waals surface area contributed by atoms with Crippen molar-refractivity contribution in [1.29, 1.82) is 0 Å². The molecular formula is C5H16N2OTe. The fourth-order valence-corrected chi connectivity index (χ4v) is 0. The number of carbonyl (C=O) groups is 1. The number of amides is 2. The summed E-state index contributed by atoms with van der Waals surface area (Å²) in [5, 5.41) is 0. The number of rotatable bonds is 0. The summed E-state index contributed by atoms with van der Waals surface area (Å²) in [6, 6.07) is -0.833. The Bertz CT molecular complexity index is 77.4. The minimum absolute atomic E-state index is 0.833. The van der Waals surface area contributed by atoms with Gasteiger partial charge in [0.1, 0.15) is 0 Å². The molecule has 4 heteroatoms. The monoisotopic (exact) mass is 250 g/mol. The summed E-state index contributed by atoms with van der Waals surface area (Å²) in [4.78, 5) is 18.5. The van der Waals surface area contributed by atoms with Crippen molar-refractivity contribution in [2.45, 2.75) is 19.9 Å². The van der Waals surface area contributed by atoms with E-state index in [1.807, 2.05) is 0 Å². The maximum absolute atomic E-state index is 9.00. The molecule has 3 nitrogen and oxygen atoms in total. The Morgan fingerprint density at radius 2 is 1.11 bits per heavy atom. The van der Waals surface area contributed by atoms with E-state index in [0.717, 1.165) is 0 Å². The van der Waals surface area contributed by atoms with E-state index in [1.54, 1.807) is 0 Å². The maximum atomic E-state index is 9.00. The Kier molecular flexibility index (Phi) is 6.42. The number of hydrogen-bond acceptors (Lipinski definition) is 1. The maximum Gasteiger partial charge on any atom is 0.309 e. The molecule has 0 aromatic rings. The molecule has 4 N–H and O–H groups in total. The van der Waals surface area contributed by atoms with Gasteiger partial charge in [-0.3, -0.25) is 0 Å². The first-order valence-electron chi connectivity index (χ1n) is 2.41. The first kappa shape index (κ1) is 11.8. The molecule has 2 amide bonds. The molecule has 0 bridgehead atoms. The Hall–Kier alpha value is 0.0596. The van der Waals surface area contributed by atoms with Gasteiger partial charge in [0.05, 0.1) is 0 Å². The van der Waals surface area contributed by atoms with Crippen molar-refractivity contribution >= 4 is 24.2 Å². The molecule has 0 atom stereocenters. The average molecular weight is 248 g/mol. The van der Waals surface area contributed by atoms with E-state index in [4.69, 9.17) is 4.79 Å². The van der Waals surface area contributed by atoms with Crippen LogP contribution in [0.25, 0.3) is 0 Å². The second-order valence-corrected chi connectivity index (χ2v) is 16.8. The standard InChI is InChI=1S/C4H12Te.CH4N2O/c1-5(2,3)4;2-1(3)4/h1-4H3;(H4,2,3,4). The summed E-state index contributed by atoms with van der Waals surface area (Å²) < 4.78 is 0. The van der Waals surface area contributed by atoms with E-state index in [0.29, 0.717) is 0 Å². The second kappa shape index (κ2) is 4.89. The molecule has 0 spiro atoms. The number of primary amides is 2. The number of hydrogen-bond donors (Lipinski definition) is 2. The van der Waals surface area contributed by atoms with Gasteiger partial charge in [-0.25, -0.2) is 4.79 Å². The van der Waals surface area contributed by atoms with E-state index in [-0.39, 0.29) is 0 Å². The van der Waals surface area contributed by atoms with Crippen LogP contribution in [0.5, 0.6) is 0 Å². The van der Waals surface area contributed by atoms with Crippen LogP contribution < -0.4 is 11.5 Å². The molecule has 0 rings (SSSR count). The van der Waals surface area contributed by atoms with Gasteiger partial charge in [-0.15, -0.1) is 0 Å². The molecule has 0 heterocycles. The molecule has 0 fully saturated rings. The quantitative estimate of drug-likeness (QED) is 0.616. The van der Waals surface area contributed by atoms with Gasteiger partial charge in [0, 0.05) is 0 Å². The molecule has 58 valence electrons. The Balaban J connectivity index is 0. The van der Waals surface area contributed by atoms with Gasteiger partial charge in [0.25, 0.3) is 0 Å². The second-order valence-electron chi connectivity index (χ2n) is 2.85. The minimum atomic E-state index is -1.02. The van der Waals surface area contributed by atoms with Crippen LogP contribution in [0.2, 0.25) is 19.9 Å². The molecule has 0 saturated heterocycles. The van der Waals surface area contributed by atoms with Crippen LogP contribution >= 0.6 is 0 Å². The van der Waals surface area contributed by atoms with E-state index in [2.05, 4.69) is 31.4 Å². The summed E-state index contributed by atoms with van der Waals surface area (Å²) in [7, 11) is 0. The van der Waals surface area contributed by atoms with Crippen LogP contribution in [0, 0.1) is 0 Å². The van der Waals surface area contributed by atoms with Gasteiger partial charge < -0.3 is 11.5 Å². The van der Waals surface area contributed by atoms with Gasteiger partial charge in [0.2, 0.25) is 0 Å². The molecule has 0 aliphatic rings. The van der Waals surface area contributed by atoms with Gasteiger partial charge in [-0.05, 0) is 0 Å². The molecule has 0 aliphatic carbocycles. The van der Waals surface area contributed by atoms with Crippen molar-refractivity contribution in [3.8, 4) is 0 Å². The SMILES string of the molecule is C[Te](C)(C)C.NC(N)=O. The topological polar surface area (TPSA) is 69.1 Å². The molecule has 0 saturated carbocycles. The van der Waals surface area contributed by atoms with Crippen molar-refractivity contribution in [3.05, 3.63) is 0 Å². The van der Waals surface area contributed by atoms with E-state index in [9.17, 15) is 0 Å². The zero-order valence-electron chi connectivity index (χ0n) is 6.47. The van der Waals surface area contributed by atoms with E-state index in [1.165, 1.54) is 0 Å². The third-order valence-corrected chi connectivity index (χ3v) is 0. The molecule has 0 aromatic heterocycles. The molecule has 0 radical (unpaired) electrons. The first-order chi connectivity index (χ1) is 3.73. The van der Waals surface area contributed by atoms with E-state index >= 15 is 0 Å². The van der Waals surface area contributed by atoms with Crippen molar-refractivity contribution in [2.75, 3.05) is 0 Å². The van der Waals surface area contributed by atoms with Crippen LogP contribution in [0.1, 0.15) is 0 Å². The normalized spacial score (nSPS) is 11.1. The van der Waals surface area contributed by atoms with Crippen LogP contribution in [-0.4, -0.2) is 24.2 Å². The average Bonchev–Trinajstić information content (AvgIpc) is 1.19. The zero-order valence-corrected chi connectivity index (χ0v) is 8.80. The Morgan fingerprint density at radius 3 is 1.11 bits per heavy atom. The van der Waals surface area contributed by atoms with Crippen LogP contribution in [0.15, 0.2) is 0 Å². The Morgan fingerprint density at radius 1 is 1.11 bits per heavy atom. The summed E-state index contributed by atoms with van der Waals surface area (Å²) in [6.07, 6.45) is 0. The van der Waals surface area contributed by atoms with Gasteiger partial charge >= 0.3 is 44.1 Å². The third-order valence-electron chi connectivity index (χ3n) is 0. The van der Waals surface area contributed by atoms with Crippen LogP contribution in [0.4, 0.5) is 4.79 Å². The zero-order chi connectivity index (χ0) is 8.08. The van der Waals surface area contributed by atoms with E-state index < -0.39 is 24.2 Å². The molecule has 9 heavy (non-hydrogen) atoms. The largest absolute Gasteiger partial charge is 0.352 e. The van der Waals surface area contributed by atoms with Crippen LogP contribution in [-0.2, 0) is 0 Å². The minimum Gasteiger partial charge on any atom is -0.352 e. The Labute approximate surface area is 60.6 Å². The summed E-state index contributed by atoms with van der Waals surface area (Å²) >= 11 is -1.02. The van der Waals surface area contributed by atoms with Crippen molar-refractivity contribution in [1.82, 2.24) is 0 Å².